The number of para-hydroxylation sites is 1. The summed E-state index contributed by atoms with van der Waals surface area (Å²) in [5, 5.41) is 0. The van der Waals surface area contributed by atoms with Crippen molar-refractivity contribution >= 4 is 17.0 Å². The molecule has 0 saturated carbocycles. The molecule has 4 N–H and O–H groups in total. The van der Waals surface area contributed by atoms with Gasteiger partial charge in [-0.15, -0.1) is 0 Å². The van der Waals surface area contributed by atoms with Gasteiger partial charge in [-0.05, 0) is 44.7 Å². The smallest absolute Gasteiger partial charge is 0.276 e. The lowest BCUT2D eigenvalue weighted by molar-refractivity contribution is 0.0495. The average molecular weight is 409 g/mol. The Bertz CT molecular complexity index is 1060. The maximum absolute atomic E-state index is 12.7. The lowest BCUT2D eigenvalue weighted by Crippen LogP contribution is -2.46. The Hall–Kier alpha value is -2.67. The minimum atomic E-state index is -0.242. The summed E-state index contributed by atoms with van der Waals surface area (Å²) in [4.78, 5) is 30.2. The molecule has 0 aliphatic carbocycles. The molecule has 7 heteroatoms. The number of hydrogen-bond acceptors (Lipinski definition) is 5. The molecule has 3 unspecified atom stereocenters. The van der Waals surface area contributed by atoms with Crippen LogP contribution in [0, 0.1) is 0 Å². The first-order valence-corrected chi connectivity index (χ1v) is 11.1. The predicted octanol–water partition coefficient (Wildman–Crippen LogP) is 4.39. The van der Waals surface area contributed by atoms with Gasteiger partial charge in [0.15, 0.2) is 11.6 Å². The van der Waals surface area contributed by atoms with Gasteiger partial charge in [0.25, 0.3) is 5.56 Å². The van der Waals surface area contributed by atoms with Crippen molar-refractivity contribution in [2.24, 2.45) is 0 Å². The molecule has 3 aromatic rings. The Labute approximate surface area is 177 Å². The zero-order chi connectivity index (χ0) is 21.3. The van der Waals surface area contributed by atoms with E-state index in [1.54, 1.807) is 6.20 Å². The summed E-state index contributed by atoms with van der Waals surface area (Å²) in [6.45, 7) is 6.92. The van der Waals surface area contributed by atoms with Gasteiger partial charge in [0.1, 0.15) is 0 Å². The number of H-pyrrole nitrogens is 2. The number of rotatable bonds is 6. The highest BCUT2D eigenvalue weighted by molar-refractivity contribution is 5.80. The molecular formula is C23H32N6O. The summed E-state index contributed by atoms with van der Waals surface area (Å²) in [5.74, 6) is 0.274. The number of anilines is 1. The summed E-state index contributed by atoms with van der Waals surface area (Å²) in [6, 6.07) is 7.46. The highest BCUT2D eigenvalue weighted by Gasteiger charge is 2.32. The van der Waals surface area contributed by atoms with Gasteiger partial charge in [-0.2, -0.15) is 0 Å². The molecule has 1 aromatic carbocycles. The molecule has 3 atom stereocenters. The number of nitrogens with two attached hydrogens (primary N) is 1. The second kappa shape index (κ2) is 8.60. The number of fused-ring (bicyclic) bond motifs is 1. The van der Waals surface area contributed by atoms with Crippen LogP contribution in [0.25, 0.3) is 22.4 Å². The molecule has 0 radical (unpaired) electrons. The largest absolute Gasteiger partial charge is 0.369 e. The van der Waals surface area contributed by atoms with Crippen molar-refractivity contribution in [1.82, 2.24) is 24.8 Å². The Balaban J connectivity index is 1.86. The predicted molar refractivity (Wildman–Crippen MR) is 121 cm³/mol. The van der Waals surface area contributed by atoms with E-state index in [1.165, 1.54) is 24.8 Å². The molecule has 3 heterocycles. The van der Waals surface area contributed by atoms with Gasteiger partial charge in [-0.3, -0.25) is 9.69 Å². The topological polar surface area (TPSA) is 104 Å². The quantitative estimate of drug-likeness (QED) is 0.561. The second-order valence-electron chi connectivity index (χ2n) is 8.57. The standard InChI is InChI=1S/C23H32N6O/c1-4-5-12-19(29-14(2)8-6-9-15(29)3)16-10-7-11-17-20(16)28-21(22(30)26-17)18-13-25-23(24)27-18/h7,10-11,13-15,19H,4-6,8-9,12H2,1-3H3,(H,26,30)(H3,24,25,27). The normalized spacial score (nSPS) is 21.2. The summed E-state index contributed by atoms with van der Waals surface area (Å²) < 4.78 is 0. The second-order valence-corrected chi connectivity index (χ2v) is 8.57. The molecule has 0 amide bonds. The molecule has 30 heavy (non-hydrogen) atoms. The van der Waals surface area contributed by atoms with E-state index in [4.69, 9.17) is 10.7 Å². The third-order valence-electron chi connectivity index (χ3n) is 6.42. The van der Waals surface area contributed by atoms with Crippen LogP contribution in [0.15, 0.2) is 29.2 Å². The highest BCUT2D eigenvalue weighted by Crippen LogP contribution is 2.37. The van der Waals surface area contributed by atoms with Crippen LogP contribution in [0.3, 0.4) is 0 Å². The number of aromatic nitrogens is 4. The molecule has 1 fully saturated rings. The van der Waals surface area contributed by atoms with Crippen molar-refractivity contribution in [3.05, 3.63) is 40.3 Å². The Morgan fingerprint density at radius 1 is 1.23 bits per heavy atom. The number of unbranched alkanes of at least 4 members (excludes halogenated alkanes) is 1. The highest BCUT2D eigenvalue weighted by atomic mass is 16.1. The minimum absolute atomic E-state index is 0.242. The van der Waals surface area contributed by atoms with E-state index in [0.29, 0.717) is 23.5 Å². The number of imidazole rings is 1. The summed E-state index contributed by atoms with van der Waals surface area (Å²) >= 11 is 0. The Morgan fingerprint density at radius 2 is 2.00 bits per heavy atom. The van der Waals surface area contributed by atoms with Gasteiger partial charge in [-0.1, -0.05) is 38.3 Å². The number of nitrogens with zero attached hydrogens (tertiary/aromatic N) is 3. The fourth-order valence-corrected chi connectivity index (χ4v) is 4.96. The van der Waals surface area contributed by atoms with Crippen molar-refractivity contribution in [3.63, 3.8) is 0 Å². The summed E-state index contributed by atoms with van der Waals surface area (Å²) in [6.07, 6.45) is 8.68. The number of hydrogen-bond donors (Lipinski definition) is 3. The van der Waals surface area contributed by atoms with E-state index in [0.717, 1.165) is 30.3 Å². The van der Waals surface area contributed by atoms with Gasteiger partial charge in [0, 0.05) is 18.1 Å². The zero-order valence-electron chi connectivity index (χ0n) is 18.1. The van der Waals surface area contributed by atoms with Crippen LogP contribution in [0.1, 0.15) is 70.9 Å². The molecular weight excluding hydrogens is 376 g/mol. The van der Waals surface area contributed by atoms with Crippen molar-refractivity contribution in [1.29, 1.82) is 0 Å². The van der Waals surface area contributed by atoms with Crippen LogP contribution >= 0.6 is 0 Å². The molecule has 2 aromatic heterocycles. The lowest BCUT2D eigenvalue weighted by atomic mass is 9.89. The van der Waals surface area contributed by atoms with E-state index in [1.807, 2.05) is 12.1 Å². The van der Waals surface area contributed by atoms with Crippen LogP contribution in [0.5, 0.6) is 0 Å². The maximum atomic E-state index is 12.7. The third kappa shape index (κ3) is 3.86. The van der Waals surface area contributed by atoms with Crippen molar-refractivity contribution < 1.29 is 0 Å². The van der Waals surface area contributed by atoms with Gasteiger partial charge in [0.2, 0.25) is 0 Å². The van der Waals surface area contributed by atoms with E-state index in [9.17, 15) is 4.79 Å². The molecule has 1 saturated heterocycles. The molecule has 1 aliphatic heterocycles. The van der Waals surface area contributed by atoms with Crippen LogP contribution in [0.4, 0.5) is 5.95 Å². The van der Waals surface area contributed by atoms with Gasteiger partial charge >= 0.3 is 0 Å². The van der Waals surface area contributed by atoms with Crippen molar-refractivity contribution in [2.75, 3.05) is 5.73 Å². The number of aromatic amines is 2. The SMILES string of the molecule is CCCCC(c1cccc2[nH]c(=O)c(-c3cnc(N)[nH]3)nc12)N1C(C)CCCC1C. The molecule has 160 valence electrons. The molecule has 1 aliphatic rings. The Morgan fingerprint density at radius 3 is 2.67 bits per heavy atom. The average Bonchev–Trinajstić information content (AvgIpc) is 3.15. The van der Waals surface area contributed by atoms with E-state index >= 15 is 0 Å². The zero-order valence-corrected chi connectivity index (χ0v) is 18.1. The van der Waals surface area contributed by atoms with Crippen LogP contribution in [-0.4, -0.2) is 36.9 Å². The maximum Gasteiger partial charge on any atom is 0.276 e. The van der Waals surface area contributed by atoms with Crippen LogP contribution in [-0.2, 0) is 0 Å². The van der Waals surface area contributed by atoms with E-state index in [-0.39, 0.29) is 17.5 Å². The van der Waals surface area contributed by atoms with Crippen LogP contribution in [0.2, 0.25) is 0 Å². The number of nitrogens with one attached hydrogen (secondary N) is 2. The molecule has 0 bridgehead atoms. The van der Waals surface area contributed by atoms with Crippen molar-refractivity contribution in [2.45, 2.75) is 77.4 Å². The number of likely N-dealkylation sites (tertiary alicyclic amines) is 1. The van der Waals surface area contributed by atoms with E-state index < -0.39 is 0 Å². The fourth-order valence-electron chi connectivity index (χ4n) is 4.96. The fraction of sp³-hybridized carbons (Fsp3) is 0.522. The van der Waals surface area contributed by atoms with E-state index in [2.05, 4.69) is 46.7 Å². The number of piperidine rings is 1. The first-order chi connectivity index (χ1) is 14.5. The molecule has 0 spiro atoms. The van der Waals surface area contributed by atoms with Gasteiger partial charge in [-0.25, -0.2) is 9.97 Å². The molecule has 7 nitrogen and oxygen atoms in total. The van der Waals surface area contributed by atoms with Gasteiger partial charge in [0.05, 0.1) is 22.9 Å². The lowest BCUT2D eigenvalue weighted by Gasteiger charge is -2.44. The van der Waals surface area contributed by atoms with Crippen LogP contribution < -0.4 is 11.3 Å². The first-order valence-electron chi connectivity index (χ1n) is 11.1. The third-order valence-corrected chi connectivity index (χ3v) is 6.42. The summed E-state index contributed by atoms with van der Waals surface area (Å²) in [5.41, 5.74) is 9.16. The van der Waals surface area contributed by atoms with Crippen molar-refractivity contribution in [3.8, 4) is 11.4 Å². The minimum Gasteiger partial charge on any atom is -0.369 e. The molecule has 4 rings (SSSR count). The van der Waals surface area contributed by atoms with Gasteiger partial charge < -0.3 is 15.7 Å². The number of nitrogen functional groups attached to an aromatic ring is 1. The monoisotopic (exact) mass is 408 g/mol. The number of benzene rings is 1. The first kappa shape index (κ1) is 20.6. The summed E-state index contributed by atoms with van der Waals surface area (Å²) in [7, 11) is 0. The Kier molecular flexibility index (Phi) is 5.90.